The molecule has 0 aliphatic heterocycles. The van der Waals surface area contributed by atoms with E-state index >= 15 is 0 Å². The molecule has 0 heterocycles. The monoisotopic (exact) mass is 333 g/mol. The lowest BCUT2D eigenvalue weighted by molar-refractivity contribution is 0.414. The lowest BCUT2D eigenvalue weighted by Gasteiger charge is -2.17. The number of likely N-dealkylation sites (N-methyl/N-ethyl adjacent to an activating group) is 1. The van der Waals surface area contributed by atoms with Crippen molar-refractivity contribution in [2.45, 2.75) is 19.1 Å². The minimum Gasteiger partial charge on any atom is -0.497 e. The number of hydrogen-bond donors (Lipinski definition) is 0. The average molecular weight is 333 g/mol. The molecule has 0 aliphatic carbocycles. The van der Waals surface area contributed by atoms with Crippen molar-refractivity contribution in [2.24, 2.45) is 0 Å². The Bertz CT molecular complexity index is 739. The van der Waals surface area contributed by atoms with Crippen molar-refractivity contribution in [1.29, 1.82) is 0 Å². The summed E-state index contributed by atoms with van der Waals surface area (Å²) in [4.78, 5) is 0. The first kappa shape index (κ1) is 17.5. The second kappa shape index (κ2) is 7.62. The highest BCUT2D eigenvalue weighted by atomic mass is 32.2. The molecule has 0 saturated carbocycles. The Morgan fingerprint density at radius 1 is 1.04 bits per heavy atom. The molecule has 0 aliphatic rings. The molecule has 124 valence electrons. The van der Waals surface area contributed by atoms with Crippen LogP contribution in [-0.2, 0) is 22.2 Å². The molecule has 0 fully saturated rings. The molecule has 0 aromatic heterocycles. The third-order valence-corrected chi connectivity index (χ3v) is 5.61. The summed E-state index contributed by atoms with van der Waals surface area (Å²) in [7, 11) is -0.0452. The second-order valence-electron chi connectivity index (χ2n) is 5.66. The predicted molar refractivity (Wildman–Crippen MR) is 93.1 cm³/mol. The highest BCUT2D eigenvalue weighted by molar-refractivity contribution is 7.88. The van der Waals surface area contributed by atoms with Gasteiger partial charge in [-0.1, -0.05) is 42.0 Å². The molecule has 0 amide bonds. The second-order valence-corrected chi connectivity index (χ2v) is 7.74. The fraction of sp³-hybridized carbons (Fsp3) is 0.333. The Hall–Kier alpha value is -1.85. The van der Waals surface area contributed by atoms with Gasteiger partial charge in [-0.3, -0.25) is 0 Å². The minimum atomic E-state index is -3.30. The first-order chi connectivity index (χ1) is 10.9. The predicted octanol–water partition coefficient (Wildman–Crippen LogP) is 3.01. The van der Waals surface area contributed by atoms with Crippen LogP contribution in [0.4, 0.5) is 0 Å². The van der Waals surface area contributed by atoms with Crippen LogP contribution in [0.3, 0.4) is 0 Å². The Morgan fingerprint density at radius 3 is 2.35 bits per heavy atom. The number of benzene rings is 2. The standard InChI is InChI=1S/C18H23NO3S/c1-15-5-4-6-17(13-15)14-23(20,21)19(2)12-11-16-7-9-18(22-3)10-8-16/h4-10,13H,11-12,14H2,1-3H3. The van der Waals surface area contributed by atoms with Gasteiger partial charge in [0.2, 0.25) is 10.0 Å². The molecule has 0 unspecified atom stereocenters. The van der Waals surface area contributed by atoms with E-state index in [0.29, 0.717) is 13.0 Å². The van der Waals surface area contributed by atoms with Crippen LogP contribution in [0.2, 0.25) is 0 Å². The summed E-state index contributed by atoms with van der Waals surface area (Å²) in [5.41, 5.74) is 2.98. The quantitative estimate of drug-likeness (QED) is 0.782. The number of ether oxygens (including phenoxy) is 1. The van der Waals surface area contributed by atoms with E-state index in [-0.39, 0.29) is 5.75 Å². The Kier molecular flexibility index (Phi) is 5.80. The van der Waals surface area contributed by atoms with Crippen LogP contribution in [0.5, 0.6) is 5.75 Å². The van der Waals surface area contributed by atoms with Crippen LogP contribution in [-0.4, -0.2) is 33.4 Å². The molecule has 5 heteroatoms. The van der Waals surface area contributed by atoms with Crippen molar-refractivity contribution in [1.82, 2.24) is 4.31 Å². The maximum absolute atomic E-state index is 12.4. The number of nitrogens with zero attached hydrogens (tertiary/aromatic N) is 1. The van der Waals surface area contributed by atoms with E-state index in [0.717, 1.165) is 22.4 Å². The lowest BCUT2D eigenvalue weighted by atomic mass is 10.1. The molecule has 2 aromatic carbocycles. The first-order valence-electron chi connectivity index (χ1n) is 7.53. The molecule has 4 nitrogen and oxygen atoms in total. The average Bonchev–Trinajstić information content (AvgIpc) is 2.52. The number of rotatable bonds is 7. The van der Waals surface area contributed by atoms with E-state index < -0.39 is 10.0 Å². The third-order valence-electron chi connectivity index (χ3n) is 3.78. The van der Waals surface area contributed by atoms with Crippen LogP contribution in [0.15, 0.2) is 48.5 Å². The topological polar surface area (TPSA) is 46.6 Å². The van der Waals surface area contributed by atoms with E-state index in [9.17, 15) is 8.42 Å². The molecule has 0 bridgehead atoms. The Morgan fingerprint density at radius 2 is 1.74 bits per heavy atom. The zero-order valence-corrected chi connectivity index (χ0v) is 14.6. The van der Waals surface area contributed by atoms with Gasteiger partial charge in [-0.25, -0.2) is 12.7 Å². The molecule has 0 spiro atoms. The van der Waals surface area contributed by atoms with Crippen molar-refractivity contribution in [3.05, 3.63) is 65.2 Å². The van der Waals surface area contributed by atoms with Crippen LogP contribution < -0.4 is 4.74 Å². The summed E-state index contributed by atoms with van der Waals surface area (Å²) in [6, 6.07) is 15.3. The molecule has 23 heavy (non-hydrogen) atoms. The van der Waals surface area contributed by atoms with E-state index in [2.05, 4.69) is 0 Å². The maximum atomic E-state index is 12.4. The van der Waals surface area contributed by atoms with E-state index in [4.69, 9.17) is 4.74 Å². The molecule has 0 saturated heterocycles. The summed E-state index contributed by atoms with van der Waals surface area (Å²) in [6.45, 7) is 2.42. The number of hydrogen-bond acceptors (Lipinski definition) is 3. The van der Waals surface area contributed by atoms with Gasteiger partial charge in [0.25, 0.3) is 0 Å². The van der Waals surface area contributed by atoms with Gasteiger partial charge in [0, 0.05) is 13.6 Å². The zero-order valence-electron chi connectivity index (χ0n) is 13.8. The molecular weight excluding hydrogens is 310 g/mol. The fourth-order valence-corrected chi connectivity index (χ4v) is 3.53. The highest BCUT2D eigenvalue weighted by Crippen LogP contribution is 2.14. The van der Waals surface area contributed by atoms with Crippen LogP contribution >= 0.6 is 0 Å². The summed E-state index contributed by atoms with van der Waals surface area (Å²) < 4.78 is 31.4. The minimum absolute atomic E-state index is 0.0355. The largest absolute Gasteiger partial charge is 0.497 e. The van der Waals surface area contributed by atoms with Gasteiger partial charge in [-0.05, 0) is 36.6 Å². The summed E-state index contributed by atoms with van der Waals surface area (Å²) in [6.07, 6.45) is 0.674. The van der Waals surface area contributed by atoms with Gasteiger partial charge < -0.3 is 4.74 Å². The van der Waals surface area contributed by atoms with E-state index in [1.54, 1.807) is 14.2 Å². The van der Waals surface area contributed by atoms with Crippen molar-refractivity contribution in [3.63, 3.8) is 0 Å². The Labute approximate surface area is 138 Å². The molecular formula is C18H23NO3S. The van der Waals surface area contributed by atoms with E-state index in [1.165, 1.54) is 4.31 Å². The zero-order chi connectivity index (χ0) is 16.9. The number of aryl methyl sites for hydroxylation is 1. The Balaban J connectivity index is 1.96. The molecule has 2 rings (SSSR count). The smallest absolute Gasteiger partial charge is 0.218 e. The van der Waals surface area contributed by atoms with Gasteiger partial charge >= 0.3 is 0 Å². The normalized spacial score (nSPS) is 11.7. The van der Waals surface area contributed by atoms with E-state index in [1.807, 2.05) is 55.5 Å². The van der Waals surface area contributed by atoms with Gasteiger partial charge in [0.1, 0.15) is 5.75 Å². The maximum Gasteiger partial charge on any atom is 0.218 e. The highest BCUT2D eigenvalue weighted by Gasteiger charge is 2.18. The SMILES string of the molecule is COc1ccc(CCN(C)S(=O)(=O)Cc2cccc(C)c2)cc1. The summed E-state index contributed by atoms with van der Waals surface area (Å²) in [5.74, 6) is 0.836. The van der Waals surface area contributed by atoms with Crippen molar-refractivity contribution in [2.75, 3.05) is 20.7 Å². The molecule has 0 atom stereocenters. The lowest BCUT2D eigenvalue weighted by Crippen LogP contribution is -2.30. The van der Waals surface area contributed by atoms with Crippen molar-refractivity contribution >= 4 is 10.0 Å². The van der Waals surface area contributed by atoms with Crippen LogP contribution in [0, 0.1) is 6.92 Å². The van der Waals surface area contributed by atoms with Crippen LogP contribution in [0.1, 0.15) is 16.7 Å². The first-order valence-corrected chi connectivity index (χ1v) is 9.14. The summed E-state index contributed by atoms with van der Waals surface area (Å²) >= 11 is 0. The third kappa shape index (κ3) is 5.08. The fourth-order valence-electron chi connectivity index (χ4n) is 2.34. The summed E-state index contributed by atoms with van der Waals surface area (Å²) in [5, 5.41) is 0. The van der Waals surface area contributed by atoms with Gasteiger partial charge in [0.15, 0.2) is 0 Å². The van der Waals surface area contributed by atoms with Crippen LogP contribution in [0.25, 0.3) is 0 Å². The molecule has 2 aromatic rings. The van der Waals surface area contributed by atoms with Gasteiger partial charge in [-0.15, -0.1) is 0 Å². The van der Waals surface area contributed by atoms with Crippen molar-refractivity contribution < 1.29 is 13.2 Å². The van der Waals surface area contributed by atoms with Crippen molar-refractivity contribution in [3.8, 4) is 5.75 Å². The number of sulfonamides is 1. The van der Waals surface area contributed by atoms with Gasteiger partial charge in [0.05, 0.1) is 12.9 Å². The number of methoxy groups -OCH3 is 1. The molecule has 0 radical (unpaired) electrons. The molecule has 0 N–H and O–H groups in total. The van der Waals surface area contributed by atoms with Gasteiger partial charge in [-0.2, -0.15) is 0 Å².